The van der Waals surface area contributed by atoms with Crippen molar-refractivity contribution in [3.05, 3.63) is 36.0 Å². The Kier molecular flexibility index (Phi) is 4.80. The van der Waals surface area contributed by atoms with Crippen molar-refractivity contribution in [1.29, 1.82) is 0 Å². The molecule has 1 aromatic heterocycles. The van der Waals surface area contributed by atoms with Gasteiger partial charge in [0.15, 0.2) is 0 Å². The molecule has 21 heavy (non-hydrogen) atoms. The van der Waals surface area contributed by atoms with E-state index in [1.165, 1.54) is 0 Å². The van der Waals surface area contributed by atoms with Gasteiger partial charge in [0.1, 0.15) is 11.3 Å². The fourth-order valence-corrected chi connectivity index (χ4v) is 2.54. The van der Waals surface area contributed by atoms with Crippen molar-refractivity contribution in [3.8, 4) is 5.75 Å². The number of ether oxygens (including phenoxy) is 1. The zero-order chi connectivity index (χ0) is 15.5. The summed E-state index contributed by atoms with van der Waals surface area (Å²) in [6.45, 7) is 6.78. The van der Waals surface area contributed by atoms with E-state index in [-0.39, 0.29) is 5.41 Å². The fraction of sp³-hybridized carbons (Fsp3) is 0.471. The SMILES string of the molecule is COc1cccc2ccc(CN(C)CC(C)(C)CN)nc12. The Balaban J connectivity index is 2.19. The summed E-state index contributed by atoms with van der Waals surface area (Å²) < 4.78 is 5.39. The van der Waals surface area contributed by atoms with Gasteiger partial charge >= 0.3 is 0 Å². The molecule has 0 spiro atoms. The molecule has 4 nitrogen and oxygen atoms in total. The molecule has 0 aliphatic rings. The van der Waals surface area contributed by atoms with Crippen molar-refractivity contribution >= 4 is 10.9 Å². The predicted octanol–water partition coefficient (Wildman–Crippen LogP) is 2.66. The molecule has 0 amide bonds. The first kappa shape index (κ1) is 15.7. The number of nitrogens with two attached hydrogens (primary N) is 1. The first-order chi connectivity index (χ1) is 9.95. The van der Waals surface area contributed by atoms with Crippen molar-refractivity contribution in [1.82, 2.24) is 9.88 Å². The van der Waals surface area contributed by atoms with Crippen LogP contribution in [0.15, 0.2) is 30.3 Å². The van der Waals surface area contributed by atoms with Gasteiger partial charge in [0.25, 0.3) is 0 Å². The third-order valence-corrected chi connectivity index (χ3v) is 3.64. The van der Waals surface area contributed by atoms with Gasteiger partial charge in [0.2, 0.25) is 0 Å². The number of methoxy groups -OCH3 is 1. The van der Waals surface area contributed by atoms with Crippen molar-refractivity contribution in [2.45, 2.75) is 20.4 Å². The van der Waals surface area contributed by atoms with Gasteiger partial charge in [0, 0.05) is 18.5 Å². The molecular formula is C17H25N3O. The Hall–Kier alpha value is -1.65. The van der Waals surface area contributed by atoms with Crippen molar-refractivity contribution in [2.24, 2.45) is 11.1 Å². The summed E-state index contributed by atoms with van der Waals surface area (Å²) in [4.78, 5) is 7.00. The van der Waals surface area contributed by atoms with Crippen LogP contribution >= 0.6 is 0 Å². The summed E-state index contributed by atoms with van der Waals surface area (Å²) in [7, 11) is 3.78. The molecule has 114 valence electrons. The summed E-state index contributed by atoms with van der Waals surface area (Å²) in [6.07, 6.45) is 0. The third-order valence-electron chi connectivity index (χ3n) is 3.64. The van der Waals surface area contributed by atoms with Gasteiger partial charge in [-0.3, -0.25) is 4.90 Å². The van der Waals surface area contributed by atoms with E-state index in [4.69, 9.17) is 15.5 Å². The van der Waals surface area contributed by atoms with Gasteiger partial charge in [0.05, 0.1) is 12.8 Å². The van der Waals surface area contributed by atoms with Gasteiger partial charge in [-0.15, -0.1) is 0 Å². The van der Waals surface area contributed by atoms with Crippen LogP contribution in [0, 0.1) is 5.41 Å². The number of pyridine rings is 1. The average Bonchev–Trinajstić information content (AvgIpc) is 2.46. The van der Waals surface area contributed by atoms with E-state index in [9.17, 15) is 0 Å². The van der Waals surface area contributed by atoms with E-state index in [2.05, 4.69) is 44.0 Å². The van der Waals surface area contributed by atoms with E-state index in [0.717, 1.165) is 35.4 Å². The number of para-hydroxylation sites is 1. The highest BCUT2D eigenvalue weighted by atomic mass is 16.5. The molecule has 0 radical (unpaired) electrons. The van der Waals surface area contributed by atoms with E-state index >= 15 is 0 Å². The van der Waals surface area contributed by atoms with Gasteiger partial charge in [-0.05, 0) is 31.1 Å². The number of rotatable bonds is 6. The molecule has 0 unspecified atom stereocenters. The quantitative estimate of drug-likeness (QED) is 0.887. The van der Waals surface area contributed by atoms with Crippen LogP contribution in [-0.2, 0) is 6.54 Å². The Morgan fingerprint density at radius 3 is 2.67 bits per heavy atom. The van der Waals surface area contributed by atoms with Crippen LogP contribution in [0.3, 0.4) is 0 Å². The lowest BCUT2D eigenvalue weighted by molar-refractivity contribution is 0.208. The maximum absolute atomic E-state index is 5.80. The summed E-state index contributed by atoms with van der Waals surface area (Å²) in [5.41, 5.74) is 7.88. The number of benzene rings is 1. The monoisotopic (exact) mass is 287 g/mol. The summed E-state index contributed by atoms with van der Waals surface area (Å²) in [6, 6.07) is 10.2. The smallest absolute Gasteiger partial charge is 0.145 e. The van der Waals surface area contributed by atoms with Gasteiger partial charge in [-0.2, -0.15) is 0 Å². The zero-order valence-corrected chi connectivity index (χ0v) is 13.4. The lowest BCUT2D eigenvalue weighted by Crippen LogP contribution is -2.36. The van der Waals surface area contributed by atoms with Gasteiger partial charge in [-0.1, -0.05) is 32.0 Å². The lowest BCUT2D eigenvalue weighted by atomic mass is 9.93. The van der Waals surface area contributed by atoms with Crippen molar-refractivity contribution in [2.75, 3.05) is 27.2 Å². The maximum atomic E-state index is 5.80. The first-order valence-corrected chi connectivity index (χ1v) is 7.26. The minimum Gasteiger partial charge on any atom is -0.494 e. The van der Waals surface area contributed by atoms with Crippen LogP contribution < -0.4 is 10.5 Å². The fourth-order valence-electron chi connectivity index (χ4n) is 2.54. The summed E-state index contributed by atoms with van der Waals surface area (Å²) in [5, 5.41) is 1.10. The first-order valence-electron chi connectivity index (χ1n) is 7.26. The maximum Gasteiger partial charge on any atom is 0.145 e. The molecule has 2 rings (SSSR count). The highest BCUT2D eigenvalue weighted by molar-refractivity contribution is 5.84. The van der Waals surface area contributed by atoms with Crippen LogP contribution in [0.5, 0.6) is 5.75 Å². The second kappa shape index (κ2) is 6.41. The van der Waals surface area contributed by atoms with Crippen LogP contribution in [-0.4, -0.2) is 37.1 Å². The third kappa shape index (κ3) is 3.93. The van der Waals surface area contributed by atoms with E-state index < -0.39 is 0 Å². The molecule has 0 saturated carbocycles. The molecule has 0 aliphatic heterocycles. The van der Waals surface area contributed by atoms with Crippen LogP contribution in [0.1, 0.15) is 19.5 Å². The Morgan fingerprint density at radius 1 is 1.24 bits per heavy atom. The zero-order valence-electron chi connectivity index (χ0n) is 13.4. The van der Waals surface area contributed by atoms with Crippen molar-refractivity contribution < 1.29 is 4.74 Å². The normalized spacial score (nSPS) is 12.1. The van der Waals surface area contributed by atoms with E-state index in [0.29, 0.717) is 6.54 Å². The minimum absolute atomic E-state index is 0.114. The molecule has 2 N–H and O–H groups in total. The predicted molar refractivity (Wildman–Crippen MR) is 87.5 cm³/mol. The standard InChI is InChI=1S/C17H25N3O/c1-17(2,11-18)12-20(3)10-14-9-8-13-6-5-7-15(21-4)16(13)19-14/h5-9H,10-12,18H2,1-4H3. The Bertz CT molecular complexity index is 610. The van der Waals surface area contributed by atoms with Gasteiger partial charge in [-0.25, -0.2) is 4.98 Å². The van der Waals surface area contributed by atoms with Crippen LogP contribution in [0.2, 0.25) is 0 Å². The second-order valence-corrected chi connectivity index (χ2v) is 6.38. The second-order valence-electron chi connectivity index (χ2n) is 6.38. The molecule has 0 aliphatic carbocycles. The number of hydrogen-bond donors (Lipinski definition) is 1. The summed E-state index contributed by atoms with van der Waals surface area (Å²) >= 11 is 0. The number of nitrogens with zero attached hydrogens (tertiary/aromatic N) is 2. The number of fused-ring (bicyclic) bond motifs is 1. The Morgan fingerprint density at radius 2 is 2.00 bits per heavy atom. The largest absolute Gasteiger partial charge is 0.494 e. The lowest BCUT2D eigenvalue weighted by Gasteiger charge is -2.28. The van der Waals surface area contributed by atoms with E-state index in [1.54, 1.807) is 7.11 Å². The van der Waals surface area contributed by atoms with Gasteiger partial charge < -0.3 is 10.5 Å². The van der Waals surface area contributed by atoms with Crippen molar-refractivity contribution in [3.63, 3.8) is 0 Å². The molecule has 2 aromatic rings. The molecule has 0 saturated heterocycles. The van der Waals surface area contributed by atoms with Crippen LogP contribution in [0.25, 0.3) is 10.9 Å². The Labute approximate surface area is 126 Å². The number of aromatic nitrogens is 1. The van der Waals surface area contributed by atoms with E-state index in [1.807, 2.05) is 12.1 Å². The topological polar surface area (TPSA) is 51.4 Å². The molecule has 1 aromatic carbocycles. The molecule has 0 bridgehead atoms. The minimum atomic E-state index is 0.114. The highest BCUT2D eigenvalue weighted by Crippen LogP contribution is 2.24. The molecule has 1 heterocycles. The number of hydrogen-bond acceptors (Lipinski definition) is 4. The molecular weight excluding hydrogens is 262 g/mol. The molecule has 0 fully saturated rings. The van der Waals surface area contributed by atoms with Crippen LogP contribution in [0.4, 0.5) is 0 Å². The average molecular weight is 287 g/mol. The summed E-state index contributed by atoms with van der Waals surface area (Å²) in [5.74, 6) is 0.819. The molecule has 0 atom stereocenters. The highest BCUT2D eigenvalue weighted by Gasteiger charge is 2.18. The molecule has 4 heteroatoms.